The Morgan fingerprint density at radius 1 is 1.14 bits per heavy atom. The quantitative estimate of drug-likeness (QED) is 0.804. The molecule has 0 spiro atoms. The van der Waals surface area contributed by atoms with Crippen LogP contribution in [0.1, 0.15) is 57.4 Å². The molecule has 4 aliphatic carbocycles. The van der Waals surface area contributed by atoms with Crippen LogP contribution in [0.15, 0.2) is 42.7 Å². The number of nitrogens with one attached hydrogen (secondary N) is 1. The van der Waals surface area contributed by atoms with Gasteiger partial charge in [0.25, 0.3) is 0 Å². The number of rotatable bonds is 6. The minimum absolute atomic E-state index is 0.190. The van der Waals surface area contributed by atoms with Gasteiger partial charge in [0.15, 0.2) is 0 Å². The third kappa shape index (κ3) is 3.38. The molecule has 1 unspecified atom stereocenters. The molecule has 0 saturated heterocycles. The van der Waals surface area contributed by atoms with Crippen LogP contribution in [0.25, 0.3) is 5.69 Å². The maximum absolute atomic E-state index is 12.7. The summed E-state index contributed by atoms with van der Waals surface area (Å²) in [6.45, 7) is 2.26. The van der Waals surface area contributed by atoms with Gasteiger partial charge in [0.1, 0.15) is 0 Å². The minimum atomic E-state index is 0.190. The number of nitrogens with zero attached hydrogens (tertiary/aromatic N) is 2. The summed E-state index contributed by atoms with van der Waals surface area (Å²) in [6.07, 6.45) is 13.6. The fourth-order valence-electron chi connectivity index (χ4n) is 6.64. The average molecular weight is 378 g/mol. The van der Waals surface area contributed by atoms with E-state index in [1.54, 1.807) is 0 Å². The molecule has 148 valence electrons. The Labute approximate surface area is 167 Å². The van der Waals surface area contributed by atoms with E-state index in [0.717, 1.165) is 35.4 Å². The molecule has 6 rings (SSSR count). The van der Waals surface area contributed by atoms with Crippen molar-refractivity contribution in [3.8, 4) is 5.69 Å². The van der Waals surface area contributed by atoms with Crippen LogP contribution in [-0.4, -0.2) is 21.7 Å². The zero-order valence-electron chi connectivity index (χ0n) is 16.8. The highest BCUT2D eigenvalue weighted by Gasteiger charge is 2.53. The van der Waals surface area contributed by atoms with Gasteiger partial charge in [-0.2, -0.15) is 5.10 Å². The number of para-hydroxylation sites is 1. The number of aryl methyl sites for hydroxylation is 1. The van der Waals surface area contributed by atoms with E-state index in [2.05, 4.69) is 17.3 Å². The molecule has 4 saturated carbocycles. The lowest BCUT2D eigenvalue weighted by Crippen LogP contribution is -2.55. The van der Waals surface area contributed by atoms with E-state index in [9.17, 15) is 4.79 Å². The lowest BCUT2D eigenvalue weighted by molar-refractivity contribution is -0.125. The van der Waals surface area contributed by atoms with Crippen molar-refractivity contribution in [1.82, 2.24) is 15.1 Å². The summed E-state index contributed by atoms with van der Waals surface area (Å²) in [6, 6.07) is 10.4. The molecular weight excluding hydrogens is 346 g/mol. The molecule has 1 amide bonds. The second kappa shape index (κ2) is 7.06. The fourth-order valence-corrected chi connectivity index (χ4v) is 6.64. The molecule has 1 heterocycles. The molecule has 1 atom stereocenters. The maximum Gasteiger partial charge on any atom is 0.220 e. The van der Waals surface area contributed by atoms with E-state index in [0.29, 0.717) is 17.9 Å². The number of carbonyl (C=O) groups excluding carboxylic acids is 1. The van der Waals surface area contributed by atoms with Gasteiger partial charge in [-0.15, -0.1) is 0 Å². The van der Waals surface area contributed by atoms with Gasteiger partial charge in [0.2, 0.25) is 5.91 Å². The van der Waals surface area contributed by atoms with Gasteiger partial charge >= 0.3 is 0 Å². The summed E-state index contributed by atoms with van der Waals surface area (Å²) in [4.78, 5) is 12.7. The van der Waals surface area contributed by atoms with Gasteiger partial charge in [-0.05, 0) is 92.7 Å². The summed E-state index contributed by atoms with van der Waals surface area (Å²) in [5, 5.41) is 7.82. The van der Waals surface area contributed by atoms with Crippen molar-refractivity contribution in [2.75, 3.05) is 0 Å². The maximum atomic E-state index is 12.7. The zero-order valence-corrected chi connectivity index (χ0v) is 16.8. The molecule has 2 aromatic rings. The average Bonchev–Trinajstić information content (AvgIpc) is 3.15. The number of hydrogen-bond donors (Lipinski definition) is 1. The van der Waals surface area contributed by atoms with E-state index < -0.39 is 0 Å². The highest BCUT2D eigenvalue weighted by atomic mass is 16.1. The first-order valence-corrected chi connectivity index (χ1v) is 11.0. The van der Waals surface area contributed by atoms with E-state index in [1.807, 2.05) is 47.4 Å². The standard InChI is InChI=1S/C24H31N3O/c1-17(24-12-19-9-20(13-24)11-21(10-19)14-24)26-23(28)8-7-18-15-25-27(16-18)22-5-3-2-4-6-22/h2-6,15-17,19-21H,7-14H2,1H3,(H,26,28). The minimum Gasteiger partial charge on any atom is -0.353 e. The van der Waals surface area contributed by atoms with Crippen molar-refractivity contribution in [3.63, 3.8) is 0 Å². The highest BCUT2D eigenvalue weighted by Crippen LogP contribution is 2.61. The van der Waals surface area contributed by atoms with Crippen molar-refractivity contribution in [2.24, 2.45) is 23.2 Å². The molecule has 4 aliphatic rings. The normalized spacial score (nSPS) is 31.7. The van der Waals surface area contributed by atoms with Gasteiger partial charge in [-0.3, -0.25) is 4.79 Å². The van der Waals surface area contributed by atoms with Crippen LogP contribution >= 0.6 is 0 Å². The Hall–Kier alpha value is -2.10. The molecular formula is C24H31N3O. The van der Waals surface area contributed by atoms with Crippen molar-refractivity contribution >= 4 is 5.91 Å². The second-order valence-electron chi connectivity index (χ2n) is 9.70. The molecule has 4 bridgehead atoms. The van der Waals surface area contributed by atoms with Crippen LogP contribution in [0.3, 0.4) is 0 Å². The van der Waals surface area contributed by atoms with Crippen molar-refractivity contribution < 1.29 is 4.79 Å². The molecule has 4 heteroatoms. The number of amides is 1. The lowest BCUT2D eigenvalue weighted by Gasteiger charge is -2.59. The van der Waals surface area contributed by atoms with Crippen LogP contribution in [0.2, 0.25) is 0 Å². The molecule has 0 radical (unpaired) electrons. The topological polar surface area (TPSA) is 46.9 Å². The summed E-state index contributed by atoms with van der Waals surface area (Å²) in [5.41, 5.74) is 2.54. The first-order valence-electron chi connectivity index (χ1n) is 11.0. The number of benzene rings is 1. The molecule has 4 fully saturated rings. The molecule has 1 N–H and O–H groups in total. The van der Waals surface area contributed by atoms with Gasteiger partial charge in [0, 0.05) is 18.7 Å². The largest absolute Gasteiger partial charge is 0.353 e. The Bertz CT molecular complexity index is 805. The monoisotopic (exact) mass is 377 g/mol. The van der Waals surface area contributed by atoms with Gasteiger partial charge in [-0.25, -0.2) is 4.68 Å². The smallest absolute Gasteiger partial charge is 0.220 e. The first-order chi connectivity index (χ1) is 13.6. The number of carbonyl (C=O) groups is 1. The van der Waals surface area contributed by atoms with Gasteiger partial charge in [-0.1, -0.05) is 18.2 Å². The second-order valence-corrected chi connectivity index (χ2v) is 9.70. The Morgan fingerprint density at radius 2 is 1.79 bits per heavy atom. The highest BCUT2D eigenvalue weighted by molar-refractivity contribution is 5.76. The molecule has 1 aromatic heterocycles. The SMILES string of the molecule is CC(NC(=O)CCc1cnn(-c2ccccc2)c1)C12CC3CC(CC(C3)C1)C2. The number of hydrogen-bond acceptors (Lipinski definition) is 2. The Morgan fingerprint density at radius 3 is 2.43 bits per heavy atom. The van der Waals surface area contributed by atoms with Crippen molar-refractivity contribution in [1.29, 1.82) is 0 Å². The van der Waals surface area contributed by atoms with Crippen LogP contribution < -0.4 is 5.32 Å². The van der Waals surface area contributed by atoms with E-state index in [4.69, 9.17) is 0 Å². The van der Waals surface area contributed by atoms with Crippen LogP contribution in [-0.2, 0) is 11.2 Å². The van der Waals surface area contributed by atoms with Gasteiger partial charge < -0.3 is 5.32 Å². The lowest BCUT2D eigenvalue weighted by atomic mass is 9.48. The summed E-state index contributed by atoms with van der Waals surface area (Å²) in [7, 11) is 0. The van der Waals surface area contributed by atoms with E-state index >= 15 is 0 Å². The first kappa shape index (κ1) is 18.0. The van der Waals surface area contributed by atoms with Crippen LogP contribution in [0.5, 0.6) is 0 Å². The summed E-state index contributed by atoms with van der Waals surface area (Å²) in [5.74, 6) is 2.97. The molecule has 28 heavy (non-hydrogen) atoms. The van der Waals surface area contributed by atoms with E-state index in [-0.39, 0.29) is 5.91 Å². The third-order valence-corrected chi connectivity index (χ3v) is 7.68. The third-order valence-electron chi connectivity index (χ3n) is 7.68. The predicted octanol–water partition coefficient (Wildman–Crippen LogP) is 4.53. The molecule has 0 aliphatic heterocycles. The predicted molar refractivity (Wildman–Crippen MR) is 110 cm³/mol. The molecule has 4 nitrogen and oxygen atoms in total. The summed E-state index contributed by atoms with van der Waals surface area (Å²) >= 11 is 0. The fraction of sp³-hybridized carbons (Fsp3) is 0.583. The van der Waals surface area contributed by atoms with Crippen molar-refractivity contribution in [2.45, 2.75) is 64.3 Å². The summed E-state index contributed by atoms with van der Waals surface area (Å²) < 4.78 is 1.88. The Kier molecular flexibility index (Phi) is 4.53. The van der Waals surface area contributed by atoms with Crippen molar-refractivity contribution in [3.05, 3.63) is 48.3 Å². The Balaban J connectivity index is 1.17. The van der Waals surface area contributed by atoms with Gasteiger partial charge in [0.05, 0.1) is 11.9 Å². The van der Waals surface area contributed by atoms with Crippen LogP contribution in [0.4, 0.5) is 0 Å². The number of aromatic nitrogens is 2. The van der Waals surface area contributed by atoms with Crippen LogP contribution in [0, 0.1) is 23.2 Å². The van der Waals surface area contributed by atoms with E-state index in [1.165, 1.54) is 38.5 Å². The molecule has 1 aromatic carbocycles. The zero-order chi connectivity index (χ0) is 19.1.